The number of benzene rings is 1. The number of fused-ring (bicyclic) bond motifs is 1. The Bertz CT molecular complexity index is 1280. The number of aliphatic hydroxyl groups excluding tert-OH is 1. The van der Waals surface area contributed by atoms with Gasteiger partial charge in [-0.05, 0) is 50.1 Å². The number of hydrogen-bond donors (Lipinski definition) is 5. The molecule has 2 aliphatic rings. The van der Waals surface area contributed by atoms with Crippen LogP contribution in [-0.4, -0.2) is 67.1 Å². The molecule has 0 saturated carbocycles. The Balaban J connectivity index is 1.47. The molecule has 1 aromatic heterocycles. The average Bonchev–Trinajstić information content (AvgIpc) is 3.23. The maximum absolute atomic E-state index is 12.9. The number of carbonyl (C=O) groups excluding carboxylic acids is 2. The molecule has 0 spiro atoms. The van der Waals surface area contributed by atoms with Gasteiger partial charge < -0.3 is 26.0 Å². The van der Waals surface area contributed by atoms with Gasteiger partial charge in [0.05, 0.1) is 28.2 Å². The van der Waals surface area contributed by atoms with Gasteiger partial charge in [0.1, 0.15) is 0 Å². The van der Waals surface area contributed by atoms with Crippen LogP contribution in [-0.2, 0) is 14.6 Å². The summed E-state index contributed by atoms with van der Waals surface area (Å²) in [5.74, 6) is -0.546. The number of halogens is 1. The third-order valence-corrected chi connectivity index (χ3v) is 8.87. The van der Waals surface area contributed by atoms with E-state index in [2.05, 4.69) is 36.9 Å². The van der Waals surface area contributed by atoms with Gasteiger partial charge in [-0.1, -0.05) is 15.9 Å². The van der Waals surface area contributed by atoms with Crippen molar-refractivity contribution in [2.45, 2.75) is 31.6 Å². The zero-order valence-electron chi connectivity index (χ0n) is 18.9. The summed E-state index contributed by atoms with van der Waals surface area (Å²) in [6, 6.07) is 5.54. The maximum Gasteiger partial charge on any atom is 0.256 e. The average molecular weight is 551 g/mol. The number of aliphatic hydroxyl groups is 1. The number of hydrogen-bond acceptors (Lipinski definition) is 6. The molecule has 1 fully saturated rings. The third-order valence-electron chi connectivity index (χ3n) is 6.23. The normalized spacial score (nSPS) is 21.2. The number of aromatic amines is 1. The second-order valence-electron chi connectivity index (χ2n) is 8.66. The zero-order valence-corrected chi connectivity index (χ0v) is 21.3. The number of amides is 2. The van der Waals surface area contributed by atoms with Crippen molar-refractivity contribution in [2.24, 2.45) is 0 Å². The molecular weight excluding hydrogens is 524 g/mol. The van der Waals surface area contributed by atoms with E-state index in [9.17, 15) is 23.1 Å². The molecule has 182 valence electrons. The molecule has 2 aromatic rings. The molecule has 34 heavy (non-hydrogen) atoms. The van der Waals surface area contributed by atoms with Crippen LogP contribution in [0, 0.1) is 13.8 Å². The summed E-state index contributed by atoms with van der Waals surface area (Å²) in [7, 11) is -3.24. The Labute approximate surface area is 206 Å². The summed E-state index contributed by atoms with van der Waals surface area (Å²) in [5, 5.41) is 18.2. The summed E-state index contributed by atoms with van der Waals surface area (Å²) >= 11 is 3.43. The van der Waals surface area contributed by atoms with Gasteiger partial charge in [0.2, 0.25) is 0 Å². The predicted molar refractivity (Wildman–Crippen MR) is 134 cm³/mol. The van der Waals surface area contributed by atoms with Gasteiger partial charge in [-0.2, -0.15) is 0 Å². The van der Waals surface area contributed by atoms with E-state index in [1.165, 1.54) is 0 Å². The van der Waals surface area contributed by atoms with Crippen molar-refractivity contribution in [1.29, 1.82) is 0 Å². The van der Waals surface area contributed by atoms with Crippen LogP contribution in [0.15, 0.2) is 22.7 Å². The highest BCUT2D eigenvalue weighted by Gasteiger charge is 2.31. The fourth-order valence-corrected chi connectivity index (χ4v) is 6.40. The summed E-state index contributed by atoms with van der Waals surface area (Å²) in [6.07, 6.45) is 0.798. The number of carbonyl (C=O) groups is 2. The molecule has 2 atom stereocenters. The number of aromatic nitrogens is 1. The summed E-state index contributed by atoms with van der Waals surface area (Å²) in [6.45, 7) is 4.21. The lowest BCUT2D eigenvalue weighted by Crippen LogP contribution is -2.46. The lowest BCUT2D eigenvalue weighted by Gasteiger charge is -2.25. The highest BCUT2D eigenvalue weighted by molar-refractivity contribution is 9.10. The minimum Gasteiger partial charge on any atom is -0.391 e. The molecule has 0 bridgehead atoms. The quantitative estimate of drug-likeness (QED) is 0.347. The van der Waals surface area contributed by atoms with Gasteiger partial charge >= 0.3 is 0 Å². The Morgan fingerprint density at radius 1 is 1.35 bits per heavy atom. The first-order valence-corrected chi connectivity index (χ1v) is 13.5. The van der Waals surface area contributed by atoms with Gasteiger partial charge in [0, 0.05) is 46.7 Å². The van der Waals surface area contributed by atoms with E-state index in [1.54, 1.807) is 19.9 Å². The summed E-state index contributed by atoms with van der Waals surface area (Å²) < 4.78 is 25.2. The van der Waals surface area contributed by atoms with Crippen LogP contribution < -0.4 is 16.0 Å². The van der Waals surface area contributed by atoms with Crippen LogP contribution in [0.3, 0.4) is 0 Å². The minimum atomic E-state index is -3.24. The van der Waals surface area contributed by atoms with Gasteiger partial charge in [0.25, 0.3) is 11.8 Å². The first kappa shape index (κ1) is 24.6. The number of sulfone groups is 1. The highest BCUT2D eigenvalue weighted by Crippen LogP contribution is 2.35. The van der Waals surface area contributed by atoms with E-state index in [4.69, 9.17) is 0 Å². The summed E-state index contributed by atoms with van der Waals surface area (Å²) in [4.78, 5) is 28.6. The van der Waals surface area contributed by atoms with E-state index >= 15 is 0 Å². The number of anilines is 1. The molecule has 3 heterocycles. The Kier molecular flexibility index (Phi) is 6.99. The van der Waals surface area contributed by atoms with E-state index in [-0.39, 0.29) is 30.5 Å². The molecule has 2 amide bonds. The van der Waals surface area contributed by atoms with Crippen LogP contribution in [0.25, 0.3) is 11.6 Å². The van der Waals surface area contributed by atoms with E-state index in [1.807, 2.05) is 18.2 Å². The molecule has 0 aliphatic carbocycles. The summed E-state index contributed by atoms with van der Waals surface area (Å²) in [5.41, 5.74) is 4.36. The largest absolute Gasteiger partial charge is 0.391 e. The van der Waals surface area contributed by atoms with Crippen molar-refractivity contribution < 1.29 is 23.1 Å². The molecule has 1 saturated heterocycles. The SMILES string of the molecule is Cc1[nH]c(C=C2C(=O)Nc3ccc(Br)cc32)c(C)c1C(=O)NCC(O)CC1CNCCS1(=O)=O. The van der Waals surface area contributed by atoms with Crippen molar-refractivity contribution in [2.75, 3.05) is 30.7 Å². The molecular formula is C23H27BrN4O5S. The lowest BCUT2D eigenvalue weighted by atomic mass is 10.0. The number of aryl methyl sites for hydroxylation is 1. The van der Waals surface area contributed by atoms with Crippen LogP contribution in [0.4, 0.5) is 5.69 Å². The van der Waals surface area contributed by atoms with Crippen LogP contribution in [0.1, 0.15) is 39.3 Å². The molecule has 5 N–H and O–H groups in total. The highest BCUT2D eigenvalue weighted by atomic mass is 79.9. The molecule has 2 unspecified atom stereocenters. The fraction of sp³-hybridized carbons (Fsp3) is 0.391. The predicted octanol–water partition coefficient (Wildman–Crippen LogP) is 1.75. The fourth-order valence-electron chi connectivity index (χ4n) is 4.39. The molecule has 9 nitrogen and oxygen atoms in total. The van der Waals surface area contributed by atoms with E-state index in [0.29, 0.717) is 41.2 Å². The Morgan fingerprint density at radius 3 is 2.85 bits per heavy atom. The van der Waals surface area contributed by atoms with Crippen molar-refractivity contribution in [3.63, 3.8) is 0 Å². The second kappa shape index (κ2) is 9.65. The first-order chi connectivity index (χ1) is 16.1. The van der Waals surface area contributed by atoms with Crippen molar-refractivity contribution >= 4 is 54.9 Å². The van der Waals surface area contributed by atoms with Gasteiger partial charge in [-0.15, -0.1) is 0 Å². The monoisotopic (exact) mass is 550 g/mol. The van der Waals surface area contributed by atoms with Crippen molar-refractivity contribution in [3.05, 3.63) is 50.8 Å². The molecule has 2 aliphatic heterocycles. The minimum absolute atomic E-state index is 0.0518. The van der Waals surface area contributed by atoms with Crippen LogP contribution in [0.5, 0.6) is 0 Å². The molecule has 1 aromatic carbocycles. The molecule has 11 heteroatoms. The lowest BCUT2D eigenvalue weighted by molar-refractivity contribution is -0.110. The number of H-pyrrole nitrogens is 1. The maximum atomic E-state index is 12.9. The van der Waals surface area contributed by atoms with Crippen molar-refractivity contribution in [1.82, 2.24) is 15.6 Å². The van der Waals surface area contributed by atoms with Gasteiger partial charge in [0.15, 0.2) is 9.84 Å². The standard InChI is InChI=1S/C23H27BrN4O5S/c1-12-20(9-18-17-7-14(24)3-4-19(17)28-22(18)30)27-13(2)21(12)23(31)26-10-15(29)8-16-11-25-5-6-34(16,32)33/h3-4,7,9,15-16,25,27,29H,5-6,8,10-11H2,1-2H3,(H,26,31)(H,28,30). The Morgan fingerprint density at radius 2 is 2.12 bits per heavy atom. The Hall–Kier alpha value is -2.47. The molecule has 4 rings (SSSR count). The second-order valence-corrected chi connectivity index (χ2v) is 12.0. The van der Waals surface area contributed by atoms with Crippen LogP contribution in [0.2, 0.25) is 0 Å². The molecule has 0 radical (unpaired) electrons. The van der Waals surface area contributed by atoms with Gasteiger partial charge in [-0.3, -0.25) is 9.59 Å². The van der Waals surface area contributed by atoms with Gasteiger partial charge in [-0.25, -0.2) is 8.42 Å². The third kappa shape index (κ3) is 4.97. The van der Waals surface area contributed by atoms with E-state index < -0.39 is 21.2 Å². The van der Waals surface area contributed by atoms with E-state index in [0.717, 1.165) is 15.7 Å². The number of rotatable bonds is 6. The smallest absolute Gasteiger partial charge is 0.256 e. The zero-order chi connectivity index (χ0) is 24.6. The van der Waals surface area contributed by atoms with Crippen molar-refractivity contribution in [3.8, 4) is 0 Å². The van der Waals surface area contributed by atoms with Crippen LogP contribution >= 0.6 is 15.9 Å². The topological polar surface area (TPSA) is 140 Å². The first-order valence-electron chi connectivity index (χ1n) is 11.0. The number of nitrogens with one attached hydrogen (secondary N) is 4.